The summed E-state index contributed by atoms with van der Waals surface area (Å²) < 4.78 is 17.4. The number of rotatable bonds is 2. The van der Waals surface area contributed by atoms with Gasteiger partial charge in [0.1, 0.15) is 11.3 Å². The van der Waals surface area contributed by atoms with Gasteiger partial charge in [0, 0.05) is 36.9 Å². The van der Waals surface area contributed by atoms with Crippen molar-refractivity contribution in [2.24, 2.45) is 0 Å². The van der Waals surface area contributed by atoms with E-state index in [9.17, 15) is 4.79 Å². The first kappa shape index (κ1) is 16.4. The predicted octanol–water partition coefficient (Wildman–Crippen LogP) is 3.35. The first-order valence-electron chi connectivity index (χ1n) is 8.89. The number of piperidine rings is 1. The molecule has 2 saturated heterocycles. The van der Waals surface area contributed by atoms with Gasteiger partial charge in [0.05, 0.1) is 19.3 Å². The molecule has 0 bridgehead atoms. The normalized spacial score (nSPS) is 21.0. The average Bonchev–Trinajstić information content (AvgIpc) is 3.21. The standard InChI is InChI=1S/C19H24N2O4/c1-13-15-5-3-4-6-16(15)25-17(13)14(2)20-18(22)21-9-7-19(8-10-21)23-11-12-24-19/h3-6,14H,7-12H2,1-2H3,(H,20,22). The molecule has 6 nitrogen and oxygen atoms in total. The van der Waals surface area contributed by atoms with Crippen LogP contribution in [-0.2, 0) is 9.47 Å². The van der Waals surface area contributed by atoms with Crippen LogP contribution in [0.1, 0.15) is 37.1 Å². The molecular weight excluding hydrogens is 320 g/mol. The van der Waals surface area contributed by atoms with E-state index in [1.807, 2.05) is 43.0 Å². The third kappa shape index (κ3) is 3.00. The molecule has 1 N–H and O–H groups in total. The molecule has 0 saturated carbocycles. The summed E-state index contributed by atoms with van der Waals surface area (Å²) in [6, 6.07) is 7.68. The highest BCUT2D eigenvalue weighted by Gasteiger charge is 2.41. The molecule has 6 heteroatoms. The molecule has 3 heterocycles. The van der Waals surface area contributed by atoms with Crippen molar-refractivity contribution >= 4 is 17.0 Å². The fraction of sp³-hybridized carbons (Fsp3) is 0.526. The van der Waals surface area contributed by atoms with Gasteiger partial charge >= 0.3 is 6.03 Å². The van der Waals surface area contributed by atoms with E-state index in [2.05, 4.69) is 5.32 Å². The Labute approximate surface area is 147 Å². The Morgan fingerprint density at radius 2 is 1.88 bits per heavy atom. The summed E-state index contributed by atoms with van der Waals surface area (Å²) in [5.74, 6) is 0.350. The molecule has 1 atom stereocenters. The number of likely N-dealkylation sites (tertiary alicyclic amines) is 1. The van der Waals surface area contributed by atoms with E-state index in [4.69, 9.17) is 13.9 Å². The van der Waals surface area contributed by atoms with Gasteiger partial charge in [0.25, 0.3) is 0 Å². The largest absolute Gasteiger partial charge is 0.459 e. The average molecular weight is 344 g/mol. The lowest BCUT2D eigenvalue weighted by molar-refractivity contribution is -0.181. The first-order valence-corrected chi connectivity index (χ1v) is 8.89. The lowest BCUT2D eigenvalue weighted by Crippen LogP contribution is -2.50. The number of para-hydroxylation sites is 1. The zero-order chi connectivity index (χ0) is 17.4. The van der Waals surface area contributed by atoms with Gasteiger partial charge in [-0.05, 0) is 19.9 Å². The zero-order valence-corrected chi connectivity index (χ0v) is 14.7. The molecule has 0 aliphatic carbocycles. The number of carbonyl (C=O) groups excluding carboxylic acids is 1. The number of hydrogen-bond donors (Lipinski definition) is 1. The van der Waals surface area contributed by atoms with Gasteiger partial charge in [-0.1, -0.05) is 18.2 Å². The Morgan fingerprint density at radius 1 is 1.20 bits per heavy atom. The van der Waals surface area contributed by atoms with E-state index in [1.54, 1.807) is 0 Å². The molecule has 1 aromatic carbocycles. The van der Waals surface area contributed by atoms with E-state index < -0.39 is 5.79 Å². The van der Waals surface area contributed by atoms with Gasteiger partial charge in [-0.25, -0.2) is 4.79 Å². The van der Waals surface area contributed by atoms with Crippen molar-refractivity contribution in [3.63, 3.8) is 0 Å². The molecule has 0 radical (unpaired) electrons. The number of hydrogen-bond acceptors (Lipinski definition) is 4. The van der Waals surface area contributed by atoms with Gasteiger partial charge in [-0.3, -0.25) is 0 Å². The van der Waals surface area contributed by atoms with Crippen molar-refractivity contribution in [1.29, 1.82) is 0 Å². The number of benzene rings is 1. The zero-order valence-electron chi connectivity index (χ0n) is 14.7. The SMILES string of the molecule is Cc1c(C(C)NC(=O)N2CCC3(CC2)OCCO3)oc2ccccc12. The molecule has 25 heavy (non-hydrogen) atoms. The van der Waals surface area contributed by atoms with Crippen LogP contribution >= 0.6 is 0 Å². The summed E-state index contributed by atoms with van der Waals surface area (Å²) in [7, 11) is 0. The second-order valence-corrected chi connectivity index (χ2v) is 6.85. The van der Waals surface area contributed by atoms with Crippen molar-refractivity contribution in [1.82, 2.24) is 10.2 Å². The van der Waals surface area contributed by atoms with Gasteiger partial charge < -0.3 is 24.1 Å². The van der Waals surface area contributed by atoms with Crippen LogP contribution in [0.15, 0.2) is 28.7 Å². The van der Waals surface area contributed by atoms with Crippen LogP contribution in [0, 0.1) is 6.92 Å². The maximum absolute atomic E-state index is 12.6. The summed E-state index contributed by atoms with van der Waals surface area (Å²) in [5.41, 5.74) is 1.93. The Kier molecular flexibility index (Phi) is 4.17. The molecule has 1 unspecified atom stereocenters. The summed E-state index contributed by atoms with van der Waals surface area (Å²) in [5, 5.41) is 4.15. The highest BCUT2D eigenvalue weighted by molar-refractivity contribution is 5.82. The van der Waals surface area contributed by atoms with Crippen LogP contribution in [0.25, 0.3) is 11.0 Å². The van der Waals surface area contributed by atoms with Gasteiger partial charge in [0.2, 0.25) is 0 Å². The lowest BCUT2D eigenvalue weighted by atomic mass is 10.0. The third-order valence-electron chi connectivity index (χ3n) is 5.24. The molecule has 2 aliphatic heterocycles. The summed E-state index contributed by atoms with van der Waals surface area (Å²) >= 11 is 0. The summed E-state index contributed by atoms with van der Waals surface area (Å²) in [4.78, 5) is 14.4. The number of ether oxygens (including phenoxy) is 2. The quantitative estimate of drug-likeness (QED) is 0.907. The molecule has 2 aromatic rings. The van der Waals surface area contributed by atoms with Crippen LogP contribution in [-0.4, -0.2) is 43.0 Å². The van der Waals surface area contributed by atoms with Crippen molar-refractivity contribution in [3.05, 3.63) is 35.6 Å². The topological polar surface area (TPSA) is 63.9 Å². The minimum Gasteiger partial charge on any atom is -0.459 e. The van der Waals surface area contributed by atoms with Gasteiger partial charge in [-0.2, -0.15) is 0 Å². The molecule has 2 fully saturated rings. The highest BCUT2D eigenvalue weighted by atomic mass is 16.7. The molecule has 2 amide bonds. The lowest BCUT2D eigenvalue weighted by Gasteiger charge is -2.37. The van der Waals surface area contributed by atoms with Gasteiger partial charge in [0.15, 0.2) is 5.79 Å². The molecular formula is C19H24N2O4. The number of urea groups is 1. The Bertz CT molecular complexity index is 769. The second kappa shape index (κ2) is 6.35. The first-order chi connectivity index (χ1) is 12.1. The van der Waals surface area contributed by atoms with Crippen LogP contribution in [0.5, 0.6) is 0 Å². The van der Waals surface area contributed by atoms with Gasteiger partial charge in [-0.15, -0.1) is 0 Å². The number of aryl methyl sites for hydroxylation is 1. The Balaban J connectivity index is 1.41. The molecule has 4 rings (SSSR count). The van der Waals surface area contributed by atoms with Crippen LogP contribution in [0.4, 0.5) is 4.79 Å². The second-order valence-electron chi connectivity index (χ2n) is 6.85. The maximum Gasteiger partial charge on any atom is 0.317 e. The smallest absolute Gasteiger partial charge is 0.317 e. The number of nitrogens with zero attached hydrogens (tertiary/aromatic N) is 1. The highest BCUT2D eigenvalue weighted by Crippen LogP contribution is 2.32. The fourth-order valence-electron chi connectivity index (χ4n) is 3.78. The number of nitrogens with one attached hydrogen (secondary N) is 1. The fourth-order valence-corrected chi connectivity index (χ4v) is 3.78. The summed E-state index contributed by atoms with van der Waals surface area (Å²) in [6.07, 6.45) is 1.44. The van der Waals surface area contributed by atoms with E-state index >= 15 is 0 Å². The number of amides is 2. The monoisotopic (exact) mass is 344 g/mol. The van der Waals surface area contributed by atoms with Crippen molar-refractivity contribution in [2.45, 2.75) is 38.5 Å². The minimum atomic E-state index is -0.461. The van der Waals surface area contributed by atoms with E-state index in [0.29, 0.717) is 26.3 Å². The Hall–Kier alpha value is -2.05. The van der Waals surface area contributed by atoms with Crippen LogP contribution in [0.3, 0.4) is 0 Å². The van der Waals surface area contributed by atoms with E-state index in [-0.39, 0.29) is 12.1 Å². The molecule has 2 aliphatic rings. The van der Waals surface area contributed by atoms with Crippen molar-refractivity contribution in [3.8, 4) is 0 Å². The third-order valence-corrected chi connectivity index (χ3v) is 5.24. The molecule has 1 aromatic heterocycles. The predicted molar refractivity (Wildman–Crippen MR) is 93.3 cm³/mol. The Morgan fingerprint density at radius 3 is 2.56 bits per heavy atom. The molecule has 134 valence electrons. The van der Waals surface area contributed by atoms with Crippen LogP contribution in [0.2, 0.25) is 0 Å². The number of furan rings is 1. The van der Waals surface area contributed by atoms with Crippen molar-refractivity contribution in [2.75, 3.05) is 26.3 Å². The summed E-state index contributed by atoms with van der Waals surface area (Å²) in [6.45, 7) is 6.55. The number of carbonyl (C=O) groups is 1. The minimum absolute atomic E-state index is 0.0693. The molecule has 1 spiro atoms. The van der Waals surface area contributed by atoms with Crippen molar-refractivity contribution < 1.29 is 18.7 Å². The van der Waals surface area contributed by atoms with Crippen LogP contribution < -0.4 is 5.32 Å². The van der Waals surface area contributed by atoms with E-state index in [0.717, 1.165) is 35.1 Å². The number of fused-ring (bicyclic) bond motifs is 1. The van der Waals surface area contributed by atoms with E-state index in [1.165, 1.54) is 0 Å². The maximum atomic E-state index is 12.6.